The lowest BCUT2D eigenvalue weighted by Crippen LogP contribution is -1.98. The van der Waals surface area contributed by atoms with E-state index in [0.717, 1.165) is 51.2 Å². The van der Waals surface area contributed by atoms with Gasteiger partial charge in [0.2, 0.25) is 0 Å². The molecule has 2 N–H and O–H groups in total. The maximum atomic E-state index is 5.73. The standard InChI is InChI=1S/C22H20N4/c1-2-20-24-14-18-12-19(16-6-4-3-5-7-16)21(26-22(18)25-20)17-10-8-15(13-23)9-11-17/h3-12,14H,2,13,23H2,1H3. The van der Waals surface area contributed by atoms with Crippen LogP contribution in [0.4, 0.5) is 0 Å². The van der Waals surface area contributed by atoms with E-state index in [0.29, 0.717) is 6.54 Å². The number of benzene rings is 2. The SMILES string of the molecule is CCc1ncc2cc(-c3ccccc3)c(-c3ccc(CN)cc3)nc2n1. The highest BCUT2D eigenvalue weighted by atomic mass is 14.9. The Hall–Kier alpha value is -3.11. The van der Waals surface area contributed by atoms with Crippen LogP contribution in [0.5, 0.6) is 0 Å². The second-order valence-corrected chi connectivity index (χ2v) is 6.20. The first-order chi connectivity index (χ1) is 12.8. The van der Waals surface area contributed by atoms with E-state index in [2.05, 4.69) is 40.3 Å². The molecule has 2 aromatic carbocycles. The van der Waals surface area contributed by atoms with E-state index in [9.17, 15) is 0 Å². The van der Waals surface area contributed by atoms with Gasteiger partial charge in [0.15, 0.2) is 5.65 Å². The Labute approximate surface area is 152 Å². The molecule has 2 heterocycles. The molecule has 0 aliphatic rings. The van der Waals surface area contributed by atoms with E-state index in [4.69, 9.17) is 10.7 Å². The third-order valence-electron chi connectivity index (χ3n) is 4.48. The molecule has 4 nitrogen and oxygen atoms in total. The number of aryl methyl sites for hydroxylation is 1. The van der Waals surface area contributed by atoms with Crippen molar-refractivity contribution in [2.24, 2.45) is 5.73 Å². The Morgan fingerprint density at radius 3 is 2.35 bits per heavy atom. The average molecular weight is 340 g/mol. The summed E-state index contributed by atoms with van der Waals surface area (Å²) in [6.45, 7) is 2.58. The van der Waals surface area contributed by atoms with E-state index in [1.54, 1.807) is 0 Å². The number of nitrogens with zero attached hydrogens (tertiary/aromatic N) is 3. The van der Waals surface area contributed by atoms with Crippen LogP contribution in [0.2, 0.25) is 0 Å². The maximum absolute atomic E-state index is 5.73. The second-order valence-electron chi connectivity index (χ2n) is 6.20. The van der Waals surface area contributed by atoms with Crippen molar-refractivity contribution in [1.29, 1.82) is 0 Å². The highest BCUT2D eigenvalue weighted by molar-refractivity contribution is 5.89. The van der Waals surface area contributed by atoms with Crippen molar-refractivity contribution in [2.75, 3.05) is 0 Å². The Kier molecular flexibility index (Phi) is 4.42. The summed E-state index contributed by atoms with van der Waals surface area (Å²) >= 11 is 0. The first-order valence-electron chi connectivity index (χ1n) is 8.80. The van der Waals surface area contributed by atoms with E-state index >= 15 is 0 Å². The van der Waals surface area contributed by atoms with Crippen LogP contribution in [0.3, 0.4) is 0 Å². The maximum Gasteiger partial charge on any atom is 0.163 e. The zero-order valence-corrected chi connectivity index (χ0v) is 14.7. The normalized spacial score (nSPS) is 11.0. The smallest absolute Gasteiger partial charge is 0.163 e. The fraction of sp³-hybridized carbons (Fsp3) is 0.136. The minimum absolute atomic E-state index is 0.532. The third kappa shape index (κ3) is 3.07. The predicted octanol–water partition coefficient (Wildman–Crippen LogP) is 4.38. The number of pyridine rings is 1. The van der Waals surface area contributed by atoms with Crippen LogP contribution in [-0.2, 0) is 13.0 Å². The number of hydrogen-bond donors (Lipinski definition) is 1. The minimum atomic E-state index is 0.532. The number of aromatic nitrogens is 3. The molecule has 0 saturated carbocycles. The molecule has 4 rings (SSSR count). The summed E-state index contributed by atoms with van der Waals surface area (Å²) in [6, 6.07) is 20.7. The lowest BCUT2D eigenvalue weighted by atomic mass is 9.98. The molecule has 2 aromatic heterocycles. The van der Waals surface area contributed by atoms with Crippen LogP contribution in [0, 0.1) is 0 Å². The van der Waals surface area contributed by atoms with E-state index in [-0.39, 0.29) is 0 Å². The van der Waals surface area contributed by atoms with Gasteiger partial charge in [0.05, 0.1) is 5.69 Å². The Morgan fingerprint density at radius 2 is 1.65 bits per heavy atom. The molecule has 0 radical (unpaired) electrons. The number of hydrogen-bond acceptors (Lipinski definition) is 4. The molecular formula is C22H20N4. The molecular weight excluding hydrogens is 320 g/mol. The second kappa shape index (κ2) is 7.02. The average Bonchev–Trinajstić information content (AvgIpc) is 2.73. The van der Waals surface area contributed by atoms with Gasteiger partial charge in [-0.25, -0.2) is 15.0 Å². The molecule has 4 heteroatoms. The van der Waals surface area contributed by atoms with Crippen molar-refractivity contribution >= 4 is 11.0 Å². The number of nitrogens with two attached hydrogens (primary N) is 1. The first kappa shape index (κ1) is 16.4. The summed E-state index contributed by atoms with van der Waals surface area (Å²) in [5, 5.41) is 0.948. The summed E-state index contributed by atoms with van der Waals surface area (Å²) in [4.78, 5) is 13.9. The molecule has 0 amide bonds. The zero-order valence-electron chi connectivity index (χ0n) is 14.7. The van der Waals surface area contributed by atoms with Crippen LogP contribution in [0.15, 0.2) is 66.9 Å². The number of rotatable bonds is 4. The van der Waals surface area contributed by atoms with Gasteiger partial charge in [-0.3, -0.25) is 0 Å². The Morgan fingerprint density at radius 1 is 0.885 bits per heavy atom. The predicted molar refractivity (Wildman–Crippen MR) is 105 cm³/mol. The van der Waals surface area contributed by atoms with Gasteiger partial charge in [-0.15, -0.1) is 0 Å². The lowest BCUT2D eigenvalue weighted by Gasteiger charge is -2.12. The summed E-state index contributed by atoms with van der Waals surface area (Å²) < 4.78 is 0. The van der Waals surface area contributed by atoms with E-state index in [1.165, 1.54) is 0 Å². The Bertz CT molecular complexity index is 1040. The van der Waals surface area contributed by atoms with Gasteiger partial charge in [0.25, 0.3) is 0 Å². The van der Waals surface area contributed by atoms with Gasteiger partial charge in [-0.05, 0) is 17.2 Å². The minimum Gasteiger partial charge on any atom is -0.326 e. The topological polar surface area (TPSA) is 64.7 Å². The Balaban J connectivity index is 1.97. The van der Waals surface area contributed by atoms with E-state index < -0.39 is 0 Å². The molecule has 0 atom stereocenters. The van der Waals surface area contributed by atoms with E-state index in [1.807, 2.05) is 43.5 Å². The fourth-order valence-corrected chi connectivity index (χ4v) is 3.03. The van der Waals surface area contributed by atoms with Crippen LogP contribution >= 0.6 is 0 Å². The molecule has 26 heavy (non-hydrogen) atoms. The van der Waals surface area contributed by atoms with Crippen molar-refractivity contribution in [3.8, 4) is 22.4 Å². The summed E-state index contributed by atoms with van der Waals surface area (Å²) in [5.74, 6) is 0.807. The van der Waals surface area contributed by atoms with Crippen molar-refractivity contribution in [1.82, 2.24) is 15.0 Å². The quantitative estimate of drug-likeness (QED) is 0.599. The molecule has 0 fully saturated rings. The van der Waals surface area contributed by atoms with Gasteiger partial charge in [0.1, 0.15) is 5.82 Å². The first-order valence-corrected chi connectivity index (χ1v) is 8.80. The van der Waals surface area contributed by atoms with Gasteiger partial charge < -0.3 is 5.73 Å². The molecule has 0 spiro atoms. The molecule has 0 aliphatic carbocycles. The van der Waals surface area contributed by atoms with Crippen LogP contribution in [0.1, 0.15) is 18.3 Å². The van der Waals surface area contributed by atoms with Crippen molar-refractivity contribution in [2.45, 2.75) is 19.9 Å². The van der Waals surface area contributed by atoms with Gasteiger partial charge in [-0.1, -0.05) is 61.5 Å². The molecule has 0 unspecified atom stereocenters. The van der Waals surface area contributed by atoms with Gasteiger partial charge in [0, 0.05) is 35.7 Å². The van der Waals surface area contributed by atoms with Crippen LogP contribution in [-0.4, -0.2) is 15.0 Å². The fourth-order valence-electron chi connectivity index (χ4n) is 3.03. The largest absolute Gasteiger partial charge is 0.326 e. The molecule has 0 aliphatic heterocycles. The molecule has 0 bridgehead atoms. The summed E-state index contributed by atoms with van der Waals surface area (Å²) in [6.07, 6.45) is 2.65. The van der Waals surface area contributed by atoms with Gasteiger partial charge in [-0.2, -0.15) is 0 Å². The third-order valence-corrected chi connectivity index (χ3v) is 4.48. The van der Waals surface area contributed by atoms with Crippen LogP contribution < -0.4 is 5.73 Å². The highest BCUT2D eigenvalue weighted by Gasteiger charge is 2.12. The number of fused-ring (bicyclic) bond motifs is 1. The lowest BCUT2D eigenvalue weighted by molar-refractivity contribution is 0.953. The summed E-state index contributed by atoms with van der Waals surface area (Å²) in [7, 11) is 0. The van der Waals surface area contributed by atoms with Gasteiger partial charge >= 0.3 is 0 Å². The van der Waals surface area contributed by atoms with Crippen molar-refractivity contribution in [3.63, 3.8) is 0 Å². The highest BCUT2D eigenvalue weighted by Crippen LogP contribution is 2.33. The summed E-state index contributed by atoms with van der Waals surface area (Å²) in [5.41, 5.74) is 11.7. The van der Waals surface area contributed by atoms with Crippen molar-refractivity contribution in [3.05, 3.63) is 78.2 Å². The van der Waals surface area contributed by atoms with Crippen molar-refractivity contribution < 1.29 is 0 Å². The van der Waals surface area contributed by atoms with Crippen LogP contribution in [0.25, 0.3) is 33.4 Å². The molecule has 0 saturated heterocycles. The zero-order chi connectivity index (χ0) is 17.9. The molecule has 128 valence electrons. The molecule has 4 aromatic rings. The monoisotopic (exact) mass is 340 g/mol.